The van der Waals surface area contributed by atoms with Crippen LogP contribution >= 0.6 is 11.3 Å². The van der Waals surface area contributed by atoms with Crippen LogP contribution in [-0.2, 0) is 29.7 Å². The van der Waals surface area contributed by atoms with Gasteiger partial charge >= 0.3 is 12.1 Å². The van der Waals surface area contributed by atoms with Gasteiger partial charge in [-0.05, 0) is 6.92 Å². The number of carboxylic acid groups (broad SMARTS) is 1. The number of halogens is 3. The van der Waals surface area contributed by atoms with Crippen LogP contribution in [0.25, 0.3) is 0 Å². The van der Waals surface area contributed by atoms with Gasteiger partial charge in [0.2, 0.25) is 0 Å². The lowest BCUT2D eigenvalue weighted by molar-refractivity contribution is -0.192. The highest BCUT2D eigenvalue weighted by molar-refractivity contribution is 7.09. The van der Waals surface area contributed by atoms with Crippen molar-refractivity contribution in [3.63, 3.8) is 0 Å². The molecule has 2 aromatic rings. The molecule has 1 unspecified atom stereocenters. The van der Waals surface area contributed by atoms with E-state index >= 15 is 0 Å². The molecule has 12 heteroatoms. The molecular formula is C15H20F3N5O3S. The van der Waals surface area contributed by atoms with Gasteiger partial charge in [0, 0.05) is 45.1 Å². The predicted octanol–water partition coefficient (Wildman–Crippen LogP) is 1.96. The van der Waals surface area contributed by atoms with Crippen LogP contribution in [0.2, 0.25) is 0 Å². The molecule has 0 saturated carbocycles. The van der Waals surface area contributed by atoms with Crippen LogP contribution in [0, 0.1) is 6.92 Å². The summed E-state index contributed by atoms with van der Waals surface area (Å²) in [4.78, 5) is 15.8. The highest BCUT2D eigenvalue weighted by Gasteiger charge is 2.38. The van der Waals surface area contributed by atoms with E-state index in [1.54, 1.807) is 18.4 Å². The van der Waals surface area contributed by atoms with E-state index < -0.39 is 12.1 Å². The van der Waals surface area contributed by atoms with E-state index in [-0.39, 0.29) is 0 Å². The first kappa shape index (κ1) is 21.3. The molecule has 8 nitrogen and oxygen atoms in total. The van der Waals surface area contributed by atoms with Crippen LogP contribution in [0.1, 0.15) is 28.0 Å². The Labute approximate surface area is 157 Å². The molecule has 0 spiro atoms. The van der Waals surface area contributed by atoms with Gasteiger partial charge < -0.3 is 9.84 Å². The standard InChI is InChI=1S/C13H19N5OS.C2HF3O2/c1-9-14-11(8-20-9)5-18-4-10(7-19-3)13-12(6-18)15-16-17(13)2;3-2(4,5)1(6)7/h8,10H,4-7H2,1-3H3;(H,6,7). The molecule has 0 bridgehead atoms. The monoisotopic (exact) mass is 407 g/mol. The summed E-state index contributed by atoms with van der Waals surface area (Å²) >= 11 is 1.70. The topological polar surface area (TPSA) is 93.4 Å². The molecule has 0 saturated heterocycles. The second-order valence-electron chi connectivity index (χ2n) is 6.03. The molecule has 0 amide bonds. The Hall–Kier alpha value is -2.05. The largest absolute Gasteiger partial charge is 0.490 e. The summed E-state index contributed by atoms with van der Waals surface area (Å²) in [6, 6.07) is 0. The van der Waals surface area contributed by atoms with Crippen molar-refractivity contribution in [1.82, 2.24) is 24.9 Å². The maximum Gasteiger partial charge on any atom is 0.490 e. The maximum atomic E-state index is 10.6. The van der Waals surface area contributed by atoms with Crippen molar-refractivity contribution in [2.75, 3.05) is 20.3 Å². The number of ether oxygens (including phenoxy) is 1. The number of hydrogen-bond donors (Lipinski definition) is 1. The first-order chi connectivity index (χ1) is 12.6. The van der Waals surface area contributed by atoms with E-state index in [1.165, 1.54) is 5.69 Å². The maximum absolute atomic E-state index is 10.6. The van der Waals surface area contributed by atoms with Gasteiger partial charge in [0.05, 0.1) is 23.0 Å². The molecule has 1 aliphatic rings. The fraction of sp³-hybridized carbons (Fsp3) is 0.600. The summed E-state index contributed by atoms with van der Waals surface area (Å²) < 4.78 is 39.0. The van der Waals surface area contributed by atoms with Crippen molar-refractivity contribution in [3.05, 3.63) is 27.5 Å². The number of aromatic nitrogens is 4. The van der Waals surface area contributed by atoms with Crippen molar-refractivity contribution >= 4 is 17.3 Å². The molecule has 27 heavy (non-hydrogen) atoms. The third-order valence-electron chi connectivity index (χ3n) is 3.85. The average Bonchev–Trinajstić information content (AvgIpc) is 3.13. The smallest absolute Gasteiger partial charge is 0.475 e. The SMILES string of the molecule is COCC1CN(Cc2csc(C)n2)Cc2nnn(C)c21.O=C(O)C(F)(F)F. The Kier molecular flexibility index (Phi) is 6.89. The minimum Gasteiger partial charge on any atom is -0.475 e. The number of fused-ring (bicyclic) bond motifs is 1. The molecular weight excluding hydrogens is 387 g/mol. The first-order valence-electron chi connectivity index (χ1n) is 7.92. The molecule has 3 heterocycles. The van der Waals surface area contributed by atoms with E-state index in [2.05, 4.69) is 25.6 Å². The summed E-state index contributed by atoms with van der Waals surface area (Å²) in [5, 5.41) is 18.8. The molecule has 0 radical (unpaired) electrons. The zero-order valence-electron chi connectivity index (χ0n) is 15.0. The molecule has 3 rings (SSSR count). The van der Waals surface area contributed by atoms with Crippen molar-refractivity contribution < 1.29 is 27.8 Å². The van der Waals surface area contributed by atoms with Gasteiger partial charge in [-0.1, -0.05) is 5.21 Å². The highest BCUT2D eigenvalue weighted by atomic mass is 32.1. The Bertz CT molecular complexity index is 777. The number of aliphatic carboxylic acids is 1. The number of carbonyl (C=O) groups is 1. The average molecular weight is 407 g/mol. The third-order valence-corrected chi connectivity index (χ3v) is 4.67. The Balaban J connectivity index is 0.000000321. The van der Waals surface area contributed by atoms with Crippen LogP contribution < -0.4 is 0 Å². The van der Waals surface area contributed by atoms with Crippen LogP contribution in [0.5, 0.6) is 0 Å². The zero-order chi connectivity index (χ0) is 20.2. The van der Waals surface area contributed by atoms with Crippen molar-refractivity contribution in [1.29, 1.82) is 0 Å². The van der Waals surface area contributed by atoms with Gasteiger partial charge in [0.25, 0.3) is 0 Å². The molecule has 0 aliphatic carbocycles. The second kappa shape index (κ2) is 8.76. The molecule has 2 aromatic heterocycles. The van der Waals surface area contributed by atoms with E-state index in [0.29, 0.717) is 12.5 Å². The zero-order valence-corrected chi connectivity index (χ0v) is 15.8. The summed E-state index contributed by atoms with van der Waals surface area (Å²) in [6.07, 6.45) is -5.08. The lowest BCUT2D eigenvalue weighted by atomic mass is 9.99. The molecule has 0 aromatic carbocycles. The van der Waals surface area contributed by atoms with E-state index in [4.69, 9.17) is 14.6 Å². The Morgan fingerprint density at radius 3 is 2.67 bits per heavy atom. The van der Waals surface area contributed by atoms with Crippen LogP contribution in [0.3, 0.4) is 0 Å². The Morgan fingerprint density at radius 1 is 1.48 bits per heavy atom. The van der Waals surface area contributed by atoms with Gasteiger partial charge in [-0.25, -0.2) is 9.78 Å². The molecule has 1 N–H and O–H groups in total. The number of carboxylic acids is 1. The van der Waals surface area contributed by atoms with Gasteiger partial charge in [-0.2, -0.15) is 13.2 Å². The van der Waals surface area contributed by atoms with Crippen LogP contribution in [0.4, 0.5) is 13.2 Å². The van der Waals surface area contributed by atoms with Gasteiger partial charge in [0.1, 0.15) is 5.69 Å². The number of aryl methyl sites for hydroxylation is 2. The number of hydrogen-bond acceptors (Lipinski definition) is 7. The quantitative estimate of drug-likeness (QED) is 0.828. The normalized spacial score (nSPS) is 17.2. The third kappa shape index (κ3) is 5.71. The van der Waals surface area contributed by atoms with Crippen LogP contribution in [0.15, 0.2) is 5.38 Å². The lowest BCUT2D eigenvalue weighted by Crippen LogP contribution is -2.35. The van der Waals surface area contributed by atoms with Crippen molar-refractivity contribution in [3.8, 4) is 0 Å². The number of rotatable bonds is 4. The second-order valence-corrected chi connectivity index (χ2v) is 7.09. The van der Waals surface area contributed by atoms with E-state index in [9.17, 15) is 13.2 Å². The van der Waals surface area contributed by atoms with E-state index in [0.717, 1.165) is 36.0 Å². The summed E-state index contributed by atoms with van der Waals surface area (Å²) in [5.74, 6) is -2.43. The molecule has 0 fully saturated rings. The minimum atomic E-state index is -5.08. The van der Waals surface area contributed by atoms with Gasteiger partial charge in [-0.3, -0.25) is 9.58 Å². The first-order valence-corrected chi connectivity index (χ1v) is 8.80. The van der Waals surface area contributed by atoms with E-state index in [1.807, 2.05) is 18.7 Å². The summed E-state index contributed by atoms with van der Waals surface area (Å²) in [5.41, 5.74) is 3.40. The van der Waals surface area contributed by atoms with Gasteiger partial charge in [0.15, 0.2) is 0 Å². The van der Waals surface area contributed by atoms with Gasteiger partial charge in [-0.15, -0.1) is 16.4 Å². The van der Waals surface area contributed by atoms with Crippen molar-refractivity contribution in [2.45, 2.75) is 32.1 Å². The number of alkyl halides is 3. The predicted molar refractivity (Wildman–Crippen MR) is 90.3 cm³/mol. The number of nitrogens with zero attached hydrogens (tertiary/aromatic N) is 5. The highest BCUT2D eigenvalue weighted by Crippen LogP contribution is 2.27. The van der Waals surface area contributed by atoms with Crippen molar-refractivity contribution in [2.24, 2.45) is 7.05 Å². The molecule has 150 valence electrons. The number of methoxy groups -OCH3 is 1. The summed E-state index contributed by atoms with van der Waals surface area (Å²) in [6.45, 7) is 5.39. The minimum absolute atomic E-state index is 0.323. The fourth-order valence-electron chi connectivity index (χ4n) is 2.86. The number of thiazole rings is 1. The lowest BCUT2D eigenvalue weighted by Gasteiger charge is -2.31. The van der Waals surface area contributed by atoms with Crippen LogP contribution in [-0.4, -0.2) is 62.4 Å². The summed E-state index contributed by atoms with van der Waals surface area (Å²) in [7, 11) is 3.69. The Morgan fingerprint density at radius 2 is 2.15 bits per heavy atom. The molecule has 1 atom stereocenters. The molecule has 1 aliphatic heterocycles. The fourth-order valence-corrected chi connectivity index (χ4v) is 3.46.